The topological polar surface area (TPSA) is 362 Å². The minimum Gasteiger partial charge on any atom is -0.481 e. The number of carboxylic acid groups (broad SMARTS) is 3. The second-order valence-corrected chi connectivity index (χ2v) is 11.1. The zero-order chi connectivity index (χ0) is 38.2. The third kappa shape index (κ3) is 16.3. The Morgan fingerprint density at radius 3 is 1.37 bits per heavy atom. The van der Waals surface area contributed by atoms with Gasteiger partial charge in [-0.3, -0.25) is 43.2 Å². The normalized spacial score (nSPS) is 15.0. The Labute approximate surface area is 279 Å². The molecule has 276 valence electrons. The van der Waals surface area contributed by atoms with Gasteiger partial charge in [0.2, 0.25) is 41.4 Å². The number of carbonyl (C=O) groups is 10. The first-order chi connectivity index (χ1) is 22.6. The van der Waals surface area contributed by atoms with E-state index in [1.807, 2.05) is 5.32 Å². The number of aliphatic carboxylic acids is 3. The fourth-order valence-electron chi connectivity index (χ4n) is 3.66. The van der Waals surface area contributed by atoms with Gasteiger partial charge >= 0.3 is 17.9 Å². The molecule has 0 spiro atoms. The summed E-state index contributed by atoms with van der Waals surface area (Å²) in [5.41, 5.74) is 5.34. The lowest BCUT2D eigenvalue weighted by Crippen LogP contribution is -2.58. The monoisotopic (exact) mass is 704 g/mol. The lowest BCUT2D eigenvalue weighted by Gasteiger charge is -2.24. The second-order valence-electron chi connectivity index (χ2n) is 11.1. The van der Waals surface area contributed by atoms with E-state index < -0.39 is 133 Å². The zero-order valence-corrected chi connectivity index (χ0v) is 27.4. The maximum Gasteiger partial charge on any atom is 0.326 e. The van der Waals surface area contributed by atoms with Gasteiger partial charge in [0, 0.05) is 0 Å². The van der Waals surface area contributed by atoms with Crippen LogP contribution in [-0.2, 0) is 47.9 Å². The summed E-state index contributed by atoms with van der Waals surface area (Å²) in [7, 11) is 0. The van der Waals surface area contributed by atoms with Crippen LogP contribution in [0.1, 0.15) is 47.5 Å². The molecule has 0 aliphatic rings. The number of amides is 7. The van der Waals surface area contributed by atoms with Crippen molar-refractivity contribution in [2.75, 3.05) is 13.2 Å². The second kappa shape index (κ2) is 20.8. The van der Waals surface area contributed by atoms with Gasteiger partial charge in [-0.15, -0.1) is 0 Å². The summed E-state index contributed by atoms with van der Waals surface area (Å²) < 4.78 is 0. The average molecular weight is 705 g/mol. The molecule has 22 heteroatoms. The molecule has 0 aliphatic heterocycles. The van der Waals surface area contributed by atoms with Crippen molar-refractivity contribution in [2.45, 2.75) is 89.8 Å². The number of hydrogen-bond acceptors (Lipinski definition) is 12. The number of rotatable bonds is 21. The van der Waals surface area contributed by atoms with Crippen LogP contribution < -0.4 is 43.0 Å². The highest BCUT2D eigenvalue weighted by Gasteiger charge is 2.31. The summed E-state index contributed by atoms with van der Waals surface area (Å²) in [5, 5.41) is 51.5. The molecule has 0 heterocycles. The highest BCUT2D eigenvalue weighted by molar-refractivity contribution is 5.97. The molecule has 0 radical (unpaired) electrons. The third-order valence-corrected chi connectivity index (χ3v) is 6.49. The van der Waals surface area contributed by atoms with Crippen LogP contribution in [0, 0.1) is 5.92 Å². The molecule has 0 rings (SSSR count). The number of aliphatic hydroxyl groups excluding tert-OH is 1. The Balaban J connectivity index is 5.18. The van der Waals surface area contributed by atoms with Crippen LogP contribution in [-0.4, -0.2) is 135 Å². The molecule has 7 amide bonds. The predicted octanol–water partition coefficient (Wildman–Crippen LogP) is -5.92. The largest absolute Gasteiger partial charge is 0.481 e. The molecule has 13 N–H and O–H groups in total. The smallest absolute Gasteiger partial charge is 0.326 e. The molecular formula is C27H44N8O14. The Morgan fingerprint density at radius 1 is 0.551 bits per heavy atom. The van der Waals surface area contributed by atoms with Crippen LogP contribution in [0.5, 0.6) is 0 Å². The first kappa shape index (κ1) is 43.6. The standard InChI is InChI=1S/C27H44N8O14/c1-10(2)20(27(48)49)35-23(44)13(5)32-25(46)15(6-18(38)39)33-22(43)12(4)30-17(37)8-29-21(42)11(3)31-26(47)16(7-19(40)41)34-24(45)14(28)9-36/h10-16,20,36H,6-9,28H2,1-5H3,(H,29,42)(H,30,37)(H,31,47)(H,32,46)(H,33,43)(H,34,45)(H,35,44)(H,38,39)(H,40,41)(H,48,49)/t11-,12-,13-,14-,15-,16-,20-/m0/s1. The maximum absolute atomic E-state index is 12.7. The highest BCUT2D eigenvalue weighted by Crippen LogP contribution is 2.03. The van der Waals surface area contributed by atoms with E-state index in [-0.39, 0.29) is 0 Å². The number of nitrogens with one attached hydrogen (secondary N) is 7. The Hall–Kier alpha value is -5.38. The van der Waals surface area contributed by atoms with Crippen LogP contribution in [0.4, 0.5) is 0 Å². The summed E-state index contributed by atoms with van der Waals surface area (Å²) in [4.78, 5) is 121. The SMILES string of the molecule is CC(C)[C@H](NC(=O)[C@H](C)NC(=O)[C@H](CC(=O)O)NC(=O)[C@H](C)NC(=O)CNC(=O)[C@H](C)NC(=O)[C@H](CC(=O)O)NC(=O)[C@@H](N)CO)C(=O)O. The fourth-order valence-corrected chi connectivity index (χ4v) is 3.66. The molecule has 22 nitrogen and oxygen atoms in total. The maximum atomic E-state index is 12.7. The van der Waals surface area contributed by atoms with Crippen LogP contribution in [0.25, 0.3) is 0 Å². The third-order valence-electron chi connectivity index (χ3n) is 6.49. The molecule has 0 fully saturated rings. The first-order valence-electron chi connectivity index (χ1n) is 14.7. The first-order valence-corrected chi connectivity index (χ1v) is 14.7. The van der Waals surface area contributed by atoms with E-state index in [4.69, 9.17) is 15.9 Å². The van der Waals surface area contributed by atoms with E-state index in [2.05, 4.69) is 31.9 Å². The fraction of sp³-hybridized carbons (Fsp3) is 0.630. The molecule has 0 bridgehead atoms. The molecular weight excluding hydrogens is 660 g/mol. The van der Waals surface area contributed by atoms with E-state index in [0.717, 1.165) is 0 Å². The Bertz CT molecular complexity index is 1280. The molecule has 0 unspecified atom stereocenters. The van der Waals surface area contributed by atoms with Crippen molar-refractivity contribution in [1.29, 1.82) is 0 Å². The van der Waals surface area contributed by atoms with Crippen molar-refractivity contribution in [3.63, 3.8) is 0 Å². The average Bonchev–Trinajstić information content (AvgIpc) is 2.99. The van der Waals surface area contributed by atoms with Crippen LogP contribution in [0.3, 0.4) is 0 Å². The van der Waals surface area contributed by atoms with Crippen molar-refractivity contribution in [3.8, 4) is 0 Å². The molecule has 49 heavy (non-hydrogen) atoms. The van der Waals surface area contributed by atoms with E-state index in [1.54, 1.807) is 13.8 Å². The number of aliphatic hydroxyl groups is 1. The molecule has 0 aromatic rings. The lowest BCUT2D eigenvalue weighted by atomic mass is 10.0. The summed E-state index contributed by atoms with van der Waals surface area (Å²) in [6.07, 6.45) is -1.82. The van der Waals surface area contributed by atoms with E-state index in [0.29, 0.717) is 0 Å². The van der Waals surface area contributed by atoms with Gasteiger partial charge in [-0.05, 0) is 26.7 Å². The minimum atomic E-state index is -1.72. The quantitative estimate of drug-likeness (QED) is 0.0529. The summed E-state index contributed by atoms with van der Waals surface area (Å²) in [6, 6.07) is -10.2. The van der Waals surface area contributed by atoms with E-state index in [9.17, 15) is 58.2 Å². The van der Waals surface area contributed by atoms with Gasteiger partial charge in [0.05, 0.1) is 26.0 Å². The lowest BCUT2D eigenvalue weighted by molar-refractivity contribution is -0.144. The number of hydrogen-bond donors (Lipinski definition) is 12. The Kier molecular flexibility index (Phi) is 18.5. The predicted molar refractivity (Wildman–Crippen MR) is 164 cm³/mol. The molecule has 0 aliphatic carbocycles. The molecule has 0 saturated heterocycles. The van der Waals surface area contributed by atoms with Gasteiger partial charge in [-0.1, -0.05) is 13.8 Å². The van der Waals surface area contributed by atoms with Crippen molar-refractivity contribution in [1.82, 2.24) is 37.2 Å². The van der Waals surface area contributed by atoms with Crippen molar-refractivity contribution in [3.05, 3.63) is 0 Å². The van der Waals surface area contributed by atoms with Crippen molar-refractivity contribution < 1.29 is 68.4 Å². The molecule has 7 atom stereocenters. The summed E-state index contributed by atoms with van der Waals surface area (Å²) in [6.45, 7) is 5.10. The molecule has 0 aromatic heterocycles. The van der Waals surface area contributed by atoms with Crippen LogP contribution >= 0.6 is 0 Å². The van der Waals surface area contributed by atoms with Gasteiger partial charge in [0.25, 0.3) is 0 Å². The van der Waals surface area contributed by atoms with Gasteiger partial charge in [-0.25, -0.2) is 4.79 Å². The Morgan fingerprint density at radius 2 is 0.959 bits per heavy atom. The van der Waals surface area contributed by atoms with Gasteiger partial charge in [0.15, 0.2) is 0 Å². The van der Waals surface area contributed by atoms with Crippen molar-refractivity contribution in [2.24, 2.45) is 11.7 Å². The summed E-state index contributed by atoms with van der Waals surface area (Å²) in [5.74, 6) is -11.8. The molecule has 0 aromatic carbocycles. The zero-order valence-electron chi connectivity index (χ0n) is 27.4. The summed E-state index contributed by atoms with van der Waals surface area (Å²) >= 11 is 0. The minimum absolute atomic E-state index is 0.500. The van der Waals surface area contributed by atoms with Gasteiger partial charge < -0.3 is 63.4 Å². The van der Waals surface area contributed by atoms with Crippen molar-refractivity contribution >= 4 is 59.3 Å². The van der Waals surface area contributed by atoms with Crippen LogP contribution in [0.2, 0.25) is 0 Å². The van der Waals surface area contributed by atoms with Crippen LogP contribution in [0.15, 0.2) is 0 Å². The highest BCUT2D eigenvalue weighted by atomic mass is 16.4. The number of carbonyl (C=O) groups excluding carboxylic acids is 7. The number of nitrogens with two attached hydrogens (primary N) is 1. The molecule has 0 saturated carbocycles. The van der Waals surface area contributed by atoms with Gasteiger partial charge in [-0.2, -0.15) is 0 Å². The number of carboxylic acids is 3. The van der Waals surface area contributed by atoms with E-state index >= 15 is 0 Å². The van der Waals surface area contributed by atoms with E-state index in [1.165, 1.54) is 20.8 Å². The van der Waals surface area contributed by atoms with Gasteiger partial charge in [0.1, 0.15) is 42.3 Å².